The van der Waals surface area contributed by atoms with E-state index in [2.05, 4.69) is 12.2 Å². The molecule has 23 heavy (non-hydrogen) atoms. The number of hydrogen-bond acceptors (Lipinski definition) is 2. The summed E-state index contributed by atoms with van der Waals surface area (Å²) in [7, 11) is 0. The van der Waals surface area contributed by atoms with Crippen LogP contribution in [0.15, 0.2) is 24.3 Å². The summed E-state index contributed by atoms with van der Waals surface area (Å²) < 4.78 is 0. The number of hydrogen-bond donors (Lipinski definition) is 1. The maximum absolute atomic E-state index is 12.2. The molecule has 2 heterocycles. The highest BCUT2D eigenvalue weighted by Gasteiger charge is 2.22. The molecule has 0 saturated carbocycles. The van der Waals surface area contributed by atoms with E-state index in [1.165, 1.54) is 0 Å². The van der Waals surface area contributed by atoms with Crippen LogP contribution < -0.4 is 10.2 Å². The van der Waals surface area contributed by atoms with E-state index in [-0.39, 0.29) is 11.9 Å². The third kappa shape index (κ3) is 3.84. The molecule has 2 fully saturated rings. The van der Waals surface area contributed by atoms with E-state index in [0.717, 1.165) is 50.1 Å². The van der Waals surface area contributed by atoms with Gasteiger partial charge in [-0.05, 0) is 42.9 Å². The Morgan fingerprint density at radius 1 is 1.26 bits per heavy atom. The maximum Gasteiger partial charge on any atom is 0.317 e. The van der Waals surface area contributed by atoms with Crippen molar-refractivity contribution in [1.29, 1.82) is 0 Å². The molecule has 0 unspecified atom stereocenters. The number of piperidine rings is 1. The smallest absolute Gasteiger partial charge is 0.317 e. The summed E-state index contributed by atoms with van der Waals surface area (Å²) in [5.74, 6) is 0.905. The van der Waals surface area contributed by atoms with Crippen molar-refractivity contribution in [2.24, 2.45) is 5.92 Å². The van der Waals surface area contributed by atoms with Crippen molar-refractivity contribution < 1.29 is 9.59 Å². The van der Waals surface area contributed by atoms with E-state index in [1.54, 1.807) is 0 Å². The van der Waals surface area contributed by atoms with Crippen molar-refractivity contribution >= 4 is 17.6 Å². The van der Waals surface area contributed by atoms with Crippen LogP contribution in [0.3, 0.4) is 0 Å². The molecule has 1 aromatic rings. The van der Waals surface area contributed by atoms with Gasteiger partial charge in [-0.1, -0.05) is 19.1 Å². The molecule has 0 aromatic heterocycles. The fraction of sp³-hybridized carbons (Fsp3) is 0.556. The Balaban J connectivity index is 1.56. The van der Waals surface area contributed by atoms with Gasteiger partial charge in [0.05, 0.1) is 0 Å². The Labute approximate surface area is 137 Å². The normalized spacial score (nSPS) is 19.3. The molecule has 3 amide bonds. The Morgan fingerprint density at radius 2 is 2.04 bits per heavy atom. The zero-order valence-electron chi connectivity index (χ0n) is 13.8. The number of benzene rings is 1. The van der Waals surface area contributed by atoms with Gasteiger partial charge in [0, 0.05) is 38.3 Å². The van der Waals surface area contributed by atoms with Crippen molar-refractivity contribution in [3.8, 4) is 0 Å². The standard InChI is InChI=1S/C18H25N3O2/c1-14-7-10-20(11-8-14)18(23)19-13-15-4-2-5-16(12-15)21-9-3-6-17(21)22/h2,4-5,12,14H,3,6-11,13H2,1H3,(H,19,23). The minimum atomic E-state index is 0.0135. The van der Waals surface area contributed by atoms with Gasteiger partial charge in [-0.15, -0.1) is 0 Å². The lowest BCUT2D eigenvalue weighted by Gasteiger charge is -2.30. The van der Waals surface area contributed by atoms with Gasteiger partial charge in [-0.25, -0.2) is 4.79 Å². The Hall–Kier alpha value is -2.04. The zero-order chi connectivity index (χ0) is 16.2. The Morgan fingerprint density at radius 3 is 2.74 bits per heavy atom. The molecule has 5 heteroatoms. The molecule has 0 spiro atoms. The van der Waals surface area contributed by atoms with Crippen LogP contribution in [0.1, 0.15) is 38.2 Å². The molecular formula is C18H25N3O2. The Kier molecular flexibility index (Phi) is 4.84. The van der Waals surface area contributed by atoms with E-state index in [0.29, 0.717) is 18.9 Å². The number of nitrogens with zero attached hydrogens (tertiary/aromatic N) is 2. The monoisotopic (exact) mass is 315 g/mol. The lowest BCUT2D eigenvalue weighted by molar-refractivity contribution is -0.117. The third-order valence-electron chi connectivity index (χ3n) is 4.81. The molecule has 124 valence electrons. The summed E-state index contributed by atoms with van der Waals surface area (Å²) in [5, 5.41) is 3.00. The predicted molar refractivity (Wildman–Crippen MR) is 90.2 cm³/mol. The van der Waals surface area contributed by atoms with Crippen molar-refractivity contribution in [2.45, 2.75) is 39.2 Å². The van der Waals surface area contributed by atoms with Crippen LogP contribution in [0.4, 0.5) is 10.5 Å². The van der Waals surface area contributed by atoms with E-state index >= 15 is 0 Å². The van der Waals surface area contributed by atoms with Gasteiger partial charge in [-0.2, -0.15) is 0 Å². The Bertz CT molecular complexity index is 579. The molecule has 2 aliphatic rings. The first-order valence-corrected chi connectivity index (χ1v) is 8.55. The van der Waals surface area contributed by atoms with Crippen LogP contribution in [-0.4, -0.2) is 36.5 Å². The first-order valence-electron chi connectivity index (χ1n) is 8.55. The molecule has 0 bridgehead atoms. The average Bonchev–Trinajstić information content (AvgIpc) is 3.00. The lowest BCUT2D eigenvalue weighted by Crippen LogP contribution is -2.43. The first-order chi connectivity index (χ1) is 11.1. The maximum atomic E-state index is 12.2. The molecule has 1 N–H and O–H groups in total. The quantitative estimate of drug-likeness (QED) is 0.932. The van der Waals surface area contributed by atoms with Gasteiger partial charge >= 0.3 is 6.03 Å². The number of rotatable bonds is 3. The molecule has 1 aromatic carbocycles. The number of likely N-dealkylation sites (tertiary alicyclic amines) is 1. The van der Waals surface area contributed by atoms with Crippen LogP contribution in [0.2, 0.25) is 0 Å². The molecule has 0 aliphatic carbocycles. The minimum Gasteiger partial charge on any atom is -0.334 e. The molecular weight excluding hydrogens is 290 g/mol. The second kappa shape index (κ2) is 7.02. The highest BCUT2D eigenvalue weighted by Crippen LogP contribution is 2.22. The van der Waals surface area contributed by atoms with Gasteiger partial charge in [0.25, 0.3) is 0 Å². The topological polar surface area (TPSA) is 52.7 Å². The molecule has 0 radical (unpaired) electrons. The van der Waals surface area contributed by atoms with E-state index in [1.807, 2.05) is 34.1 Å². The number of carbonyl (C=O) groups excluding carboxylic acids is 2. The minimum absolute atomic E-state index is 0.0135. The largest absolute Gasteiger partial charge is 0.334 e. The summed E-state index contributed by atoms with van der Waals surface area (Å²) in [4.78, 5) is 27.8. The van der Waals surface area contributed by atoms with E-state index < -0.39 is 0 Å². The second-order valence-electron chi connectivity index (χ2n) is 6.65. The lowest BCUT2D eigenvalue weighted by atomic mass is 10.00. The fourth-order valence-electron chi connectivity index (χ4n) is 3.26. The molecule has 5 nitrogen and oxygen atoms in total. The predicted octanol–water partition coefficient (Wildman–Crippen LogP) is 2.75. The zero-order valence-corrected chi connectivity index (χ0v) is 13.8. The second-order valence-corrected chi connectivity index (χ2v) is 6.65. The number of urea groups is 1. The number of nitrogens with one attached hydrogen (secondary N) is 1. The van der Waals surface area contributed by atoms with Crippen molar-refractivity contribution in [1.82, 2.24) is 10.2 Å². The first kappa shape index (κ1) is 15.8. The average molecular weight is 315 g/mol. The van der Waals surface area contributed by atoms with Gasteiger partial charge in [0.15, 0.2) is 0 Å². The summed E-state index contributed by atoms with van der Waals surface area (Å²) in [6, 6.07) is 7.91. The number of amides is 3. The molecule has 2 saturated heterocycles. The SMILES string of the molecule is CC1CCN(C(=O)NCc2cccc(N3CCCC3=O)c2)CC1. The highest BCUT2D eigenvalue weighted by molar-refractivity contribution is 5.95. The summed E-state index contributed by atoms with van der Waals surface area (Å²) >= 11 is 0. The fourth-order valence-corrected chi connectivity index (χ4v) is 3.26. The van der Waals surface area contributed by atoms with E-state index in [9.17, 15) is 9.59 Å². The summed E-state index contributed by atoms with van der Waals surface area (Å²) in [6.45, 7) is 5.21. The number of anilines is 1. The van der Waals surface area contributed by atoms with Gasteiger partial charge in [0.2, 0.25) is 5.91 Å². The van der Waals surface area contributed by atoms with Crippen LogP contribution in [0.5, 0.6) is 0 Å². The van der Waals surface area contributed by atoms with Gasteiger partial charge in [-0.3, -0.25) is 4.79 Å². The summed E-state index contributed by atoms with van der Waals surface area (Å²) in [5.41, 5.74) is 1.96. The molecule has 2 aliphatic heterocycles. The third-order valence-corrected chi connectivity index (χ3v) is 4.81. The molecule has 3 rings (SSSR count). The van der Waals surface area contributed by atoms with E-state index in [4.69, 9.17) is 0 Å². The summed E-state index contributed by atoms with van der Waals surface area (Å²) in [6.07, 6.45) is 3.72. The highest BCUT2D eigenvalue weighted by atomic mass is 16.2. The van der Waals surface area contributed by atoms with Crippen molar-refractivity contribution in [2.75, 3.05) is 24.5 Å². The van der Waals surface area contributed by atoms with Crippen LogP contribution in [0.25, 0.3) is 0 Å². The van der Waals surface area contributed by atoms with Gasteiger partial charge < -0.3 is 15.1 Å². The van der Waals surface area contributed by atoms with Crippen LogP contribution >= 0.6 is 0 Å². The van der Waals surface area contributed by atoms with Crippen LogP contribution in [0, 0.1) is 5.92 Å². The number of carbonyl (C=O) groups is 2. The van der Waals surface area contributed by atoms with Crippen molar-refractivity contribution in [3.63, 3.8) is 0 Å². The van der Waals surface area contributed by atoms with Crippen molar-refractivity contribution in [3.05, 3.63) is 29.8 Å². The molecule has 0 atom stereocenters. The van der Waals surface area contributed by atoms with Gasteiger partial charge in [0.1, 0.15) is 0 Å². The van der Waals surface area contributed by atoms with Crippen LogP contribution in [-0.2, 0) is 11.3 Å².